The van der Waals surface area contributed by atoms with Gasteiger partial charge in [0.25, 0.3) is 0 Å². The summed E-state index contributed by atoms with van der Waals surface area (Å²) in [7, 11) is 0. The van der Waals surface area contributed by atoms with Crippen LogP contribution in [0.3, 0.4) is 0 Å². The van der Waals surface area contributed by atoms with E-state index in [-0.39, 0.29) is 21.8 Å². The van der Waals surface area contributed by atoms with Crippen LogP contribution in [0.25, 0.3) is 17.6 Å². The minimum absolute atomic E-state index is 0.0363. The first-order chi connectivity index (χ1) is 11.2. The number of carbonyl (C=O) groups is 1. The topological polar surface area (TPSA) is 80.9 Å². The van der Waals surface area contributed by atoms with E-state index in [4.69, 9.17) is 5.11 Å². The summed E-state index contributed by atoms with van der Waals surface area (Å²) in [6.45, 7) is 0. The zero-order valence-corrected chi connectivity index (χ0v) is 13.5. The summed E-state index contributed by atoms with van der Waals surface area (Å²) in [5.74, 6) is -1.10. The Morgan fingerprint density at radius 1 is 1.38 bits per heavy atom. The van der Waals surface area contributed by atoms with E-state index in [1.54, 1.807) is 6.07 Å². The van der Waals surface area contributed by atoms with Crippen molar-refractivity contribution in [2.75, 3.05) is 0 Å². The fraction of sp³-hybridized carbons (Fsp3) is 0.286. The lowest BCUT2D eigenvalue weighted by Gasteiger charge is -2.09. The smallest absolute Gasteiger partial charge is 0.433 e. The van der Waals surface area contributed by atoms with Gasteiger partial charge in [0.2, 0.25) is 0 Å². The van der Waals surface area contributed by atoms with Gasteiger partial charge in [0.15, 0.2) is 5.82 Å². The van der Waals surface area contributed by atoms with Crippen molar-refractivity contribution in [3.63, 3.8) is 0 Å². The second kappa shape index (κ2) is 6.00. The molecule has 0 radical (unpaired) electrons. The van der Waals surface area contributed by atoms with Crippen LogP contribution in [0.15, 0.2) is 22.9 Å². The maximum atomic E-state index is 13.0. The minimum Gasteiger partial charge on any atom is -0.477 e. The average Bonchev–Trinajstić information content (AvgIpc) is 3.26. The highest BCUT2D eigenvalue weighted by Gasteiger charge is 2.35. The Morgan fingerprint density at radius 2 is 2.08 bits per heavy atom. The largest absolute Gasteiger partial charge is 0.477 e. The summed E-state index contributed by atoms with van der Waals surface area (Å²) in [5.41, 5.74) is -0.420. The molecule has 0 amide bonds. The average molecular weight is 403 g/mol. The van der Waals surface area contributed by atoms with Crippen molar-refractivity contribution < 1.29 is 23.1 Å². The number of hydrogen-bond acceptors (Lipinski definition) is 4. The normalized spacial score (nSPS) is 15.6. The lowest BCUT2D eigenvalue weighted by atomic mass is 10.1. The van der Waals surface area contributed by atoms with E-state index in [0.717, 1.165) is 29.8 Å². The van der Waals surface area contributed by atoms with Gasteiger partial charge in [-0.2, -0.15) is 13.2 Å². The highest BCUT2D eigenvalue weighted by atomic mass is 79.9. The predicted octanol–water partition coefficient (Wildman–Crippen LogP) is 3.51. The van der Waals surface area contributed by atoms with Gasteiger partial charge in [-0.25, -0.2) is 19.4 Å². The van der Waals surface area contributed by atoms with Crippen LogP contribution in [0.4, 0.5) is 13.2 Å². The summed E-state index contributed by atoms with van der Waals surface area (Å²) < 4.78 is 40.0. The van der Waals surface area contributed by atoms with Gasteiger partial charge in [0.1, 0.15) is 16.5 Å². The standard InChI is InChI=1S/C14H10BrF3N4O2/c15-9(13(23)24)5-22-6-19-12(21-22)8-3-10(7-1-2-7)20-11(4-8)14(16,17)18/h3-7H,1-2H2,(H,23,24)/b9-5-. The Morgan fingerprint density at radius 3 is 2.67 bits per heavy atom. The van der Waals surface area contributed by atoms with Crippen molar-refractivity contribution in [1.82, 2.24) is 19.7 Å². The number of halogens is 4. The summed E-state index contributed by atoms with van der Waals surface area (Å²) in [6.07, 6.45) is -0.585. The molecule has 0 unspecified atom stereocenters. The lowest BCUT2D eigenvalue weighted by Crippen LogP contribution is -2.10. The maximum absolute atomic E-state index is 13.0. The third-order valence-electron chi connectivity index (χ3n) is 3.35. The molecule has 2 aromatic heterocycles. The molecule has 3 rings (SSSR count). The zero-order chi connectivity index (χ0) is 17.5. The lowest BCUT2D eigenvalue weighted by molar-refractivity contribution is -0.141. The molecule has 1 aliphatic carbocycles. The molecule has 0 saturated heterocycles. The molecular weight excluding hydrogens is 393 g/mol. The van der Waals surface area contributed by atoms with Gasteiger partial charge < -0.3 is 5.11 Å². The molecule has 6 nitrogen and oxygen atoms in total. The van der Waals surface area contributed by atoms with E-state index in [2.05, 4.69) is 31.0 Å². The van der Waals surface area contributed by atoms with Crippen molar-refractivity contribution >= 4 is 28.1 Å². The molecule has 1 aliphatic rings. The number of aromatic nitrogens is 4. The molecule has 0 spiro atoms. The minimum atomic E-state index is -4.56. The second-order valence-electron chi connectivity index (χ2n) is 5.27. The van der Waals surface area contributed by atoms with Crippen LogP contribution >= 0.6 is 15.9 Å². The Hall–Kier alpha value is -2.23. The Bertz CT molecular complexity index is 828. The Balaban J connectivity index is 2.00. The fourth-order valence-corrected chi connectivity index (χ4v) is 2.26. The quantitative estimate of drug-likeness (QED) is 0.791. The van der Waals surface area contributed by atoms with Crippen molar-refractivity contribution in [3.8, 4) is 11.4 Å². The van der Waals surface area contributed by atoms with Gasteiger partial charge in [-0.15, -0.1) is 5.10 Å². The molecule has 2 heterocycles. The first kappa shape index (κ1) is 16.6. The number of hydrogen-bond donors (Lipinski definition) is 1. The SMILES string of the molecule is O=C(O)/C(Br)=C/n1cnc(-c2cc(C3CC3)nc(C(F)(F)F)c2)n1. The molecule has 0 atom stereocenters. The predicted molar refractivity (Wildman–Crippen MR) is 81.1 cm³/mol. The van der Waals surface area contributed by atoms with Crippen molar-refractivity contribution in [1.29, 1.82) is 0 Å². The van der Waals surface area contributed by atoms with E-state index in [9.17, 15) is 18.0 Å². The fourth-order valence-electron chi connectivity index (χ4n) is 2.06. The van der Waals surface area contributed by atoms with Crippen LogP contribution in [0, 0.1) is 0 Å². The van der Waals surface area contributed by atoms with Crippen LogP contribution in [0.1, 0.15) is 30.1 Å². The number of carboxylic acids is 1. The number of aliphatic carboxylic acids is 1. The molecule has 1 N–H and O–H groups in total. The number of nitrogens with zero attached hydrogens (tertiary/aromatic N) is 4. The van der Waals surface area contributed by atoms with Gasteiger partial charge in [0, 0.05) is 17.2 Å². The van der Waals surface area contributed by atoms with Gasteiger partial charge in [-0.05, 0) is 40.9 Å². The Labute approximate surface area is 142 Å². The van der Waals surface area contributed by atoms with Gasteiger partial charge >= 0.3 is 12.1 Å². The number of rotatable bonds is 4. The highest BCUT2D eigenvalue weighted by molar-refractivity contribution is 9.12. The first-order valence-corrected chi connectivity index (χ1v) is 7.64. The van der Waals surface area contributed by atoms with Crippen LogP contribution in [0.2, 0.25) is 0 Å². The second-order valence-corrected chi connectivity index (χ2v) is 6.12. The number of carboxylic acid groups (broad SMARTS) is 1. The van der Waals surface area contributed by atoms with E-state index in [0.29, 0.717) is 5.69 Å². The Kier molecular flexibility index (Phi) is 4.16. The summed E-state index contributed by atoms with van der Waals surface area (Å²) in [5, 5.41) is 12.8. The third kappa shape index (κ3) is 3.64. The van der Waals surface area contributed by atoms with Gasteiger partial charge in [0.05, 0.1) is 6.20 Å². The van der Waals surface area contributed by atoms with Crippen molar-refractivity contribution in [2.45, 2.75) is 24.9 Å². The molecule has 10 heteroatoms. The molecular formula is C14H10BrF3N4O2. The third-order valence-corrected chi connectivity index (χ3v) is 3.89. The summed E-state index contributed by atoms with van der Waals surface area (Å²) >= 11 is 2.84. The van der Waals surface area contributed by atoms with E-state index in [1.165, 1.54) is 6.33 Å². The molecule has 2 aromatic rings. The highest BCUT2D eigenvalue weighted by Crippen LogP contribution is 2.41. The van der Waals surface area contributed by atoms with Gasteiger partial charge in [-0.3, -0.25) is 0 Å². The van der Waals surface area contributed by atoms with Crippen LogP contribution in [-0.4, -0.2) is 30.8 Å². The molecule has 24 heavy (non-hydrogen) atoms. The van der Waals surface area contributed by atoms with Gasteiger partial charge in [-0.1, -0.05) is 0 Å². The molecule has 1 fully saturated rings. The summed E-state index contributed by atoms with van der Waals surface area (Å²) in [6, 6.07) is 2.43. The monoisotopic (exact) mass is 402 g/mol. The molecule has 0 bridgehead atoms. The van der Waals surface area contributed by atoms with Crippen LogP contribution in [0.5, 0.6) is 0 Å². The number of alkyl halides is 3. The maximum Gasteiger partial charge on any atom is 0.433 e. The van der Waals surface area contributed by atoms with Crippen molar-refractivity contribution in [2.24, 2.45) is 0 Å². The number of pyridine rings is 1. The summed E-state index contributed by atoms with van der Waals surface area (Å²) in [4.78, 5) is 18.4. The van der Waals surface area contributed by atoms with Crippen LogP contribution < -0.4 is 0 Å². The first-order valence-electron chi connectivity index (χ1n) is 6.85. The van der Waals surface area contributed by atoms with E-state index in [1.807, 2.05) is 0 Å². The van der Waals surface area contributed by atoms with E-state index >= 15 is 0 Å². The molecule has 1 saturated carbocycles. The van der Waals surface area contributed by atoms with Crippen LogP contribution in [-0.2, 0) is 11.0 Å². The molecule has 0 aromatic carbocycles. The van der Waals surface area contributed by atoms with E-state index < -0.39 is 17.8 Å². The molecule has 0 aliphatic heterocycles. The van der Waals surface area contributed by atoms with Crippen molar-refractivity contribution in [3.05, 3.63) is 34.3 Å². The zero-order valence-electron chi connectivity index (χ0n) is 12.0. The molecule has 126 valence electrons.